The summed E-state index contributed by atoms with van der Waals surface area (Å²) in [5.74, 6) is -0.454. The molecule has 2 rings (SSSR count). The fraction of sp³-hybridized carbons (Fsp3) is 0.350. The minimum Gasteiger partial charge on any atom is -0.325 e. The number of hydrogen-bond donors (Lipinski definition) is 1. The molecular weight excluding hydrogens is 394 g/mol. The molecule has 0 bridgehead atoms. The molecule has 0 aliphatic carbocycles. The minimum atomic E-state index is -4.01. The number of nitrogens with one attached hydrogen (secondary N) is 1. The maximum absolute atomic E-state index is 13.1. The predicted octanol–water partition coefficient (Wildman–Crippen LogP) is 3.64. The number of amides is 1. The summed E-state index contributed by atoms with van der Waals surface area (Å²) in [6.45, 7) is 6.99. The third kappa shape index (κ3) is 5.18. The van der Waals surface area contributed by atoms with Crippen molar-refractivity contribution in [2.24, 2.45) is 0 Å². The van der Waals surface area contributed by atoms with Crippen molar-refractivity contribution < 1.29 is 18.1 Å². The first kappa shape index (κ1) is 22.5. The van der Waals surface area contributed by atoms with Crippen molar-refractivity contribution in [2.45, 2.75) is 45.1 Å². The highest BCUT2D eigenvalue weighted by Gasteiger charge is 2.30. The van der Waals surface area contributed by atoms with Crippen molar-refractivity contribution in [3.05, 3.63) is 63.7 Å². The summed E-state index contributed by atoms with van der Waals surface area (Å²) in [6, 6.07) is 9.72. The topological polar surface area (TPSA) is 110 Å². The van der Waals surface area contributed by atoms with Gasteiger partial charge in [-0.15, -0.1) is 0 Å². The van der Waals surface area contributed by atoms with E-state index in [1.165, 1.54) is 12.1 Å². The lowest BCUT2D eigenvalue weighted by atomic mass is 10.1. The van der Waals surface area contributed by atoms with Gasteiger partial charge >= 0.3 is 0 Å². The molecular formula is C20H25N3O5S. The van der Waals surface area contributed by atoms with E-state index in [4.69, 9.17) is 0 Å². The molecule has 0 saturated heterocycles. The fourth-order valence-electron chi connectivity index (χ4n) is 2.77. The van der Waals surface area contributed by atoms with E-state index < -0.39 is 26.9 Å². The molecule has 156 valence electrons. The Labute approximate surface area is 170 Å². The van der Waals surface area contributed by atoms with Crippen molar-refractivity contribution in [3.63, 3.8) is 0 Å². The molecule has 9 heteroatoms. The van der Waals surface area contributed by atoms with E-state index in [-0.39, 0.29) is 17.1 Å². The SMILES string of the molecule is CCC(C)N(CC(=O)Nc1cccc(C)c1C)S(=O)(=O)c1ccc([N+](=O)[O-])cc1. The molecule has 0 aliphatic heterocycles. The molecule has 0 spiro atoms. The minimum absolute atomic E-state index is 0.0945. The van der Waals surface area contributed by atoms with E-state index in [2.05, 4.69) is 5.32 Å². The van der Waals surface area contributed by atoms with Gasteiger partial charge in [0.05, 0.1) is 16.4 Å². The molecule has 1 unspecified atom stereocenters. The van der Waals surface area contributed by atoms with E-state index in [0.29, 0.717) is 12.1 Å². The van der Waals surface area contributed by atoms with Gasteiger partial charge in [0.15, 0.2) is 0 Å². The number of nitro groups is 1. The van der Waals surface area contributed by atoms with Gasteiger partial charge in [-0.1, -0.05) is 19.1 Å². The third-order valence-electron chi connectivity index (χ3n) is 4.91. The Kier molecular flexibility index (Phi) is 7.10. The zero-order chi connectivity index (χ0) is 21.8. The van der Waals surface area contributed by atoms with Crippen LogP contribution in [0.1, 0.15) is 31.4 Å². The number of carbonyl (C=O) groups excluding carboxylic acids is 1. The van der Waals surface area contributed by atoms with E-state index in [9.17, 15) is 23.3 Å². The normalized spacial score (nSPS) is 12.6. The maximum Gasteiger partial charge on any atom is 0.269 e. The lowest BCUT2D eigenvalue weighted by Crippen LogP contribution is -2.43. The van der Waals surface area contributed by atoms with Crippen molar-refractivity contribution in [1.29, 1.82) is 0 Å². The van der Waals surface area contributed by atoms with Crippen LogP contribution in [0.4, 0.5) is 11.4 Å². The molecule has 0 heterocycles. The molecule has 1 atom stereocenters. The van der Waals surface area contributed by atoms with Gasteiger partial charge in [-0.05, 0) is 56.5 Å². The van der Waals surface area contributed by atoms with Crippen molar-refractivity contribution in [2.75, 3.05) is 11.9 Å². The Bertz CT molecular complexity index is 1000. The first-order chi connectivity index (χ1) is 13.6. The first-order valence-electron chi connectivity index (χ1n) is 9.20. The van der Waals surface area contributed by atoms with Crippen molar-refractivity contribution in [3.8, 4) is 0 Å². The number of carbonyl (C=O) groups is 1. The summed E-state index contributed by atoms with van der Waals surface area (Å²) in [6.07, 6.45) is 0.503. The van der Waals surface area contributed by atoms with Gasteiger partial charge in [0.2, 0.25) is 15.9 Å². The van der Waals surface area contributed by atoms with Gasteiger partial charge in [0, 0.05) is 23.9 Å². The molecule has 0 aromatic heterocycles. The highest BCUT2D eigenvalue weighted by Crippen LogP contribution is 2.23. The number of nitrogens with zero attached hydrogens (tertiary/aromatic N) is 2. The number of nitro benzene ring substituents is 1. The molecule has 29 heavy (non-hydrogen) atoms. The summed E-state index contributed by atoms with van der Waals surface area (Å²) in [5, 5.41) is 13.6. The zero-order valence-electron chi connectivity index (χ0n) is 16.9. The Hall–Kier alpha value is -2.78. The summed E-state index contributed by atoms with van der Waals surface area (Å²) in [4.78, 5) is 22.7. The maximum atomic E-state index is 13.1. The van der Waals surface area contributed by atoms with Crippen LogP contribution in [0.2, 0.25) is 0 Å². The lowest BCUT2D eigenvalue weighted by molar-refractivity contribution is -0.384. The second-order valence-electron chi connectivity index (χ2n) is 6.85. The molecule has 0 aliphatic rings. The Morgan fingerprint density at radius 1 is 1.17 bits per heavy atom. The number of rotatable bonds is 8. The van der Waals surface area contributed by atoms with Gasteiger partial charge in [-0.3, -0.25) is 14.9 Å². The highest BCUT2D eigenvalue weighted by atomic mass is 32.2. The van der Waals surface area contributed by atoms with Gasteiger partial charge < -0.3 is 5.32 Å². The van der Waals surface area contributed by atoms with Crippen LogP contribution in [0.15, 0.2) is 47.4 Å². The molecule has 2 aromatic carbocycles. The smallest absolute Gasteiger partial charge is 0.269 e. The number of anilines is 1. The monoisotopic (exact) mass is 419 g/mol. The van der Waals surface area contributed by atoms with Crippen LogP contribution in [0.5, 0.6) is 0 Å². The van der Waals surface area contributed by atoms with E-state index in [0.717, 1.165) is 27.6 Å². The number of aryl methyl sites for hydroxylation is 1. The standard InChI is InChI=1S/C20H25N3O5S/c1-5-15(3)22(13-20(24)21-19-8-6-7-14(2)16(19)4)29(27,28)18-11-9-17(10-12-18)23(25)26/h6-12,15H,5,13H2,1-4H3,(H,21,24). The van der Waals surface area contributed by atoms with Gasteiger partial charge in [0.25, 0.3) is 5.69 Å². The Morgan fingerprint density at radius 3 is 2.34 bits per heavy atom. The van der Waals surface area contributed by atoms with E-state index in [1.54, 1.807) is 13.0 Å². The van der Waals surface area contributed by atoms with Gasteiger partial charge in [-0.2, -0.15) is 4.31 Å². The number of benzene rings is 2. The molecule has 8 nitrogen and oxygen atoms in total. The summed E-state index contributed by atoms with van der Waals surface area (Å²) < 4.78 is 27.3. The largest absolute Gasteiger partial charge is 0.325 e. The molecule has 0 fully saturated rings. The van der Waals surface area contributed by atoms with Crippen molar-refractivity contribution >= 4 is 27.3 Å². The molecule has 1 N–H and O–H groups in total. The molecule has 0 saturated carbocycles. The fourth-order valence-corrected chi connectivity index (χ4v) is 4.44. The molecule has 0 radical (unpaired) electrons. The quantitative estimate of drug-likeness (QED) is 0.519. The number of sulfonamides is 1. The van der Waals surface area contributed by atoms with Crippen LogP contribution in [-0.4, -0.2) is 36.1 Å². The molecule has 2 aromatic rings. The van der Waals surface area contributed by atoms with Crippen LogP contribution in [0, 0.1) is 24.0 Å². The van der Waals surface area contributed by atoms with E-state index in [1.807, 2.05) is 32.9 Å². The second kappa shape index (κ2) is 9.15. The number of hydrogen-bond acceptors (Lipinski definition) is 5. The molecule has 1 amide bonds. The lowest BCUT2D eigenvalue weighted by Gasteiger charge is -2.27. The first-order valence-corrected chi connectivity index (χ1v) is 10.6. The summed E-state index contributed by atoms with van der Waals surface area (Å²) in [7, 11) is -4.01. The van der Waals surface area contributed by atoms with Crippen molar-refractivity contribution in [1.82, 2.24) is 4.31 Å². The second-order valence-corrected chi connectivity index (χ2v) is 8.74. The van der Waals surface area contributed by atoms with Crippen LogP contribution in [-0.2, 0) is 14.8 Å². The van der Waals surface area contributed by atoms with E-state index >= 15 is 0 Å². The van der Waals surface area contributed by atoms with Crippen LogP contribution in [0.25, 0.3) is 0 Å². The average molecular weight is 420 g/mol. The predicted molar refractivity (Wildman–Crippen MR) is 111 cm³/mol. The van der Waals surface area contributed by atoms with Crippen LogP contribution in [0.3, 0.4) is 0 Å². The summed E-state index contributed by atoms with van der Waals surface area (Å²) in [5.41, 5.74) is 2.35. The third-order valence-corrected chi connectivity index (χ3v) is 6.89. The highest BCUT2D eigenvalue weighted by molar-refractivity contribution is 7.89. The summed E-state index contributed by atoms with van der Waals surface area (Å²) >= 11 is 0. The Balaban J connectivity index is 2.29. The van der Waals surface area contributed by atoms with Crippen LogP contribution >= 0.6 is 0 Å². The van der Waals surface area contributed by atoms with Gasteiger partial charge in [-0.25, -0.2) is 8.42 Å². The average Bonchev–Trinajstić information content (AvgIpc) is 2.69. The zero-order valence-corrected chi connectivity index (χ0v) is 17.7. The van der Waals surface area contributed by atoms with Gasteiger partial charge in [0.1, 0.15) is 0 Å². The number of non-ortho nitro benzene ring substituents is 1. The Morgan fingerprint density at radius 2 is 1.79 bits per heavy atom. The van der Waals surface area contributed by atoms with Crippen LogP contribution < -0.4 is 5.32 Å².